The zero-order chi connectivity index (χ0) is 12.5. The number of hydrogen-bond donors (Lipinski definition) is 1. The van der Waals surface area contributed by atoms with E-state index in [0.29, 0.717) is 6.07 Å². The summed E-state index contributed by atoms with van der Waals surface area (Å²) in [4.78, 5) is 12.8. The molecule has 1 aromatic rings. The van der Waals surface area contributed by atoms with Crippen LogP contribution in [0.2, 0.25) is 0 Å². The van der Waals surface area contributed by atoms with E-state index in [9.17, 15) is 26.7 Å². The highest BCUT2D eigenvalue weighted by Crippen LogP contribution is 2.33. The number of pyridine rings is 1. The first kappa shape index (κ1) is 12.5. The molecule has 1 N–H and O–H groups in total. The van der Waals surface area contributed by atoms with E-state index in [2.05, 4.69) is 4.74 Å². The topological polar surface area (TPSA) is 42.1 Å². The number of aromatic amines is 1. The number of ether oxygens (including phenoxy) is 1. The fourth-order valence-electron chi connectivity index (χ4n) is 1.11. The predicted molar refractivity (Wildman–Crippen MR) is 43.4 cm³/mol. The lowest BCUT2D eigenvalue weighted by Gasteiger charge is -2.14. The molecule has 1 aromatic heterocycles. The Morgan fingerprint density at radius 3 is 2.38 bits per heavy atom. The zero-order valence-electron chi connectivity index (χ0n) is 7.86. The summed E-state index contributed by atoms with van der Waals surface area (Å²) in [6, 6.07) is 0.374. The Morgan fingerprint density at radius 1 is 1.38 bits per heavy atom. The van der Waals surface area contributed by atoms with Gasteiger partial charge in [0.05, 0.1) is 11.3 Å². The Kier molecular flexibility index (Phi) is 3.20. The molecule has 16 heavy (non-hydrogen) atoms. The molecule has 0 spiro atoms. The van der Waals surface area contributed by atoms with Crippen molar-refractivity contribution in [2.45, 2.75) is 19.7 Å². The Balaban J connectivity index is 3.30. The van der Waals surface area contributed by atoms with E-state index in [-0.39, 0.29) is 0 Å². The monoisotopic (exact) mass is 243 g/mol. The van der Waals surface area contributed by atoms with Gasteiger partial charge in [-0.25, -0.2) is 8.78 Å². The molecule has 8 heteroatoms. The van der Waals surface area contributed by atoms with Crippen LogP contribution in [-0.4, -0.2) is 11.3 Å². The van der Waals surface area contributed by atoms with Gasteiger partial charge >= 0.3 is 6.36 Å². The van der Waals surface area contributed by atoms with Crippen LogP contribution in [0.4, 0.5) is 22.0 Å². The maximum absolute atomic E-state index is 12.4. The van der Waals surface area contributed by atoms with Gasteiger partial charge in [-0.15, -0.1) is 13.2 Å². The Hall–Kier alpha value is -1.60. The molecule has 0 bridgehead atoms. The number of hydrogen-bond acceptors (Lipinski definition) is 2. The summed E-state index contributed by atoms with van der Waals surface area (Å²) < 4.78 is 63.9. The highest BCUT2D eigenvalue weighted by molar-refractivity contribution is 5.37. The maximum Gasteiger partial charge on any atom is 0.573 e. The fourth-order valence-corrected chi connectivity index (χ4v) is 1.11. The van der Waals surface area contributed by atoms with Crippen molar-refractivity contribution in [3.63, 3.8) is 0 Å². The first-order valence-electron chi connectivity index (χ1n) is 3.98. The molecule has 0 aliphatic heterocycles. The molecule has 0 saturated carbocycles. The number of aryl methyl sites for hydroxylation is 1. The summed E-state index contributed by atoms with van der Waals surface area (Å²) in [5.74, 6) is -1.07. The van der Waals surface area contributed by atoms with Gasteiger partial charge in [-0.05, 0) is 6.92 Å². The molecule has 0 unspecified atom stereocenters. The van der Waals surface area contributed by atoms with Crippen molar-refractivity contribution in [3.05, 3.63) is 27.7 Å². The van der Waals surface area contributed by atoms with E-state index < -0.39 is 35.4 Å². The third kappa shape index (κ3) is 2.94. The van der Waals surface area contributed by atoms with Gasteiger partial charge in [-0.2, -0.15) is 0 Å². The zero-order valence-corrected chi connectivity index (χ0v) is 7.86. The van der Waals surface area contributed by atoms with Crippen molar-refractivity contribution in [1.82, 2.24) is 4.98 Å². The molecule has 0 aromatic carbocycles. The summed E-state index contributed by atoms with van der Waals surface area (Å²) >= 11 is 0. The van der Waals surface area contributed by atoms with Gasteiger partial charge in [0.1, 0.15) is 0 Å². The summed E-state index contributed by atoms with van der Waals surface area (Å²) in [7, 11) is 0. The molecule has 3 nitrogen and oxygen atoms in total. The maximum atomic E-state index is 12.4. The summed E-state index contributed by atoms with van der Waals surface area (Å²) in [6.07, 6.45) is -8.31. The van der Waals surface area contributed by atoms with Crippen molar-refractivity contribution in [2.75, 3.05) is 0 Å². The van der Waals surface area contributed by atoms with Gasteiger partial charge in [-0.1, -0.05) is 0 Å². The minimum Gasteiger partial charge on any atom is -0.403 e. The van der Waals surface area contributed by atoms with Crippen LogP contribution in [0.15, 0.2) is 10.9 Å². The van der Waals surface area contributed by atoms with Crippen LogP contribution in [0.25, 0.3) is 0 Å². The average Bonchev–Trinajstić information content (AvgIpc) is 2.07. The standard InChI is InChI=1S/C8H6F5NO2/c1-3-6(16-8(11,12)13)4(7(9)10)2-5(15)14-3/h2,7H,1H3,(H,14,15). The van der Waals surface area contributed by atoms with Gasteiger partial charge < -0.3 is 9.72 Å². The van der Waals surface area contributed by atoms with E-state index in [1.54, 1.807) is 0 Å². The summed E-state index contributed by atoms with van der Waals surface area (Å²) in [6.45, 7) is 1.04. The van der Waals surface area contributed by atoms with Crippen molar-refractivity contribution in [1.29, 1.82) is 0 Å². The molecule has 0 aliphatic rings. The lowest BCUT2D eigenvalue weighted by molar-refractivity contribution is -0.275. The largest absolute Gasteiger partial charge is 0.573 e. The fraction of sp³-hybridized carbons (Fsp3) is 0.375. The third-order valence-corrected chi connectivity index (χ3v) is 1.65. The number of nitrogens with one attached hydrogen (secondary N) is 1. The normalized spacial score (nSPS) is 11.9. The van der Waals surface area contributed by atoms with Gasteiger partial charge in [0.15, 0.2) is 5.75 Å². The van der Waals surface area contributed by atoms with Crippen LogP contribution in [0.5, 0.6) is 5.75 Å². The molecule has 0 saturated heterocycles. The first-order valence-corrected chi connectivity index (χ1v) is 3.98. The number of rotatable bonds is 2. The second kappa shape index (κ2) is 4.11. The second-order valence-electron chi connectivity index (χ2n) is 2.89. The number of alkyl halides is 5. The number of aromatic nitrogens is 1. The quantitative estimate of drug-likeness (QED) is 0.811. The van der Waals surface area contributed by atoms with Gasteiger partial charge in [0, 0.05) is 6.07 Å². The Labute approximate surface area is 85.8 Å². The molecule has 0 atom stereocenters. The van der Waals surface area contributed by atoms with Gasteiger partial charge in [0.25, 0.3) is 6.43 Å². The molecule has 0 radical (unpaired) electrons. The first-order chi connectivity index (χ1) is 7.20. The van der Waals surface area contributed by atoms with E-state index in [1.165, 1.54) is 0 Å². The van der Waals surface area contributed by atoms with Crippen LogP contribution >= 0.6 is 0 Å². The van der Waals surface area contributed by atoms with Crippen LogP contribution in [0.1, 0.15) is 17.7 Å². The number of halogens is 5. The molecule has 0 aliphatic carbocycles. The molecular formula is C8H6F5NO2. The third-order valence-electron chi connectivity index (χ3n) is 1.65. The van der Waals surface area contributed by atoms with Gasteiger partial charge in [0.2, 0.25) is 5.56 Å². The second-order valence-corrected chi connectivity index (χ2v) is 2.89. The SMILES string of the molecule is Cc1[nH]c(=O)cc(C(F)F)c1OC(F)(F)F. The molecule has 1 rings (SSSR count). The Bertz CT molecular complexity index is 437. The summed E-state index contributed by atoms with van der Waals surface area (Å²) in [5.41, 5.74) is -2.40. The van der Waals surface area contributed by atoms with E-state index in [1.807, 2.05) is 4.98 Å². The Morgan fingerprint density at radius 2 is 1.94 bits per heavy atom. The van der Waals surface area contributed by atoms with Crippen molar-refractivity contribution < 1.29 is 26.7 Å². The number of H-pyrrole nitrogens is 1. The van der Waals surface area contributed by atoms with Crippen LogP contribution in [0, 0.1) is 6.92 Å². The van der Waals surface area contributed by atoms with Crippen molar-refractivity contribution in [3.8, 4) is 5.75 Å². The molecule has 0 amide bonds. The van der Waals surface area contributed by atoms with Crippen molar-refractivity contribution in [2.24, 2.45) is 0 Å². The van der Waals surface area contributed by atoms with Gasteiger partial charge in [-0.3, -0.25) is 4.79 Å². The lowest BCUT2D eigenvalue weighted by Crippen LogP contribution is -2.21. The molecule has 90 valence electrons. The van der Waals surface area contributed by atoms with E-state index in [4.69, 9.17) is 0 Å². The molecule has 1 heterocycles. The minimum atomic E-state index is -5.09. The highest BCUT2D eigenvalue weighted by Gasteiger charge is 2.34. The summed E-state index contributed by atoms with van der Waals surface area (Å²) in [5, 5.41) is 0. The van der Waals surface area contributed by atoms with Crippen molar-refractivity contribution >= 4 is 0 Å². The van der Waals surface area contributed by atoms with E-state index in [0.717, 1.165) is 6.92 Å². The molecule has 0 fully saturated rings. The lowest BCUT2D eigenvalue weighted by atomic mass is 10.2. The van der Waals surface area contributed by atoms with Crippen LogP contribution in [-0.2, 0) is 0 Å². The van der Waals surface area contributed by atoms with Crippen LogP contribution in [0.3, 0.4) is 0 Å². The van der Waals surface area contributed by atoms with E-state index >= 15 is 0 Å². The smallest absolute Gasteiger partial charge is 0.403 e. The highest BCUT2D eigenvalue weighted by atomic mass is 19.4. The van der Waals surface area contributed by atoms with Crippen LogP contribution < -0.4 is 10.3 Å². The minimum absolute atomic E-state index is 0.374. The molecular weight excluding hydrogens is 237 g/mol. The average molecular weight is 243 g/mol. The predicted octanol–water partition coefficient (Wildman–Crippen LogP) is 2.52.